The van der Waals surface area contributed by atoms with E-state index >= 15 is 0 Å². The summed E-state index contributed by atoms with van der Waals surface area (Å²) in [5.74, 6) is -0.552. The molecular formula is C10H7Br2NO4. The number of carbonyl (C=O) groups is 1. The van der Waals surface area contributed by atoms with E-state index in [9.17, 15) is 14.9 Å². The first-order valence-corrected chi connectivity index (χ1v) is 5.93. The Morgan fingerprint density at radius 3 is 2.71 bits per heavy atom. The van der Waals surface area contributed by atoms with Gasteiger partial charge >= 0.3 is 5.97 Å². The Hall–Kier alpha value is -1.21. The first-order valence-electron chi connectivity index (χ1n) is 4.35. The topological polar surface area (TPSA) is 69.4 Å². The second kappa shape index (κ2) is 5.92. The molecule has 0 saturated carbocycles. The van der Waals surface area contributed by atoms with Crippen molar-refractivity contribution in [2.45, 2.75) is 0 Å². The highest BCUT2D eigenvalue weighted by atomic mass is 79.9. The molecule has 7 heteroatoms. The van der Waals surface area contributed by atoms with Gasteiger partial charge in [-0.2, -0.15) is 0 Å². The lowest BCUT2D eigenvalue weighted by molar-refractivity contribution is -0.384. The fraction of sp³-hybridized carbons (Fsp3) is 0.100. The highest BCUT2D eigenvalue weighted by Gasteiger charge is 2.11. The molecule has 0 atom stereocenters. The zero-order chi connectivity index (χ0) is 13.0. The number of nitrogens with zero attached hydrogens (tertiary/aromatic N) is 1. The number of halogens is 2. The van der Waals surface area contributed by atoms with Gasteiger partial charge < -0.3 is 4.74 Å². The van der Waals surface area contributed by atoms with Crippen LogP contribution in [0.5, 0.6) is 0 Å². The van der Waals surface area contributed by atoms with Crippen molar-refractivity contribution in [3.05, 3.63) is 42.8 Å². The molecule has 90 valence electrons. The smallest absolute Gasteiger partial charge is 0.344 e. The maximum absolute atomic E-state index is 11.2. The largest absolute Gasteiger partial charge is 0.465 e. The Balaban J connectivity index is 3.17. The van der Waals surface area contributed by atoms with E-state index < -0.39 is 10.9 Å². The van der Waals surface area contributed by atoms with Crippen molar-refractivity contribution in [2.75, 3.05) is 7.11 Å². The standard InChI is InChI=1S/C10H7Br2NO4/c1-17-10(14)9(12)5-6-4-7(13(15)16)2-3-8(6)11/h2-5H,1H3. The Morgan fingerprint density at radius 1 is 1.53 bits per heavy atom. The van der Waals surface area contributed by atoms with Crippen LogP contribution in [0.25, 0.3) is 6.08 Å². The van der Waals surface area contributed by atoms with Crippen LogP contribution < -0.4 is 0 Å². The van der Waals surface area contributed by atoms with E-state index in [2.05, 4.69) is 36.6 Å². The Bertz CT molecular complexity index is 499. The zero-order valence-electron chi connectivity index (χ0n) is 8.65. The number of hydrogen-bond donors (Lipinski definition) is 0. The summed E-state index contributed by atoms with van der Waals surface area (Å²) in [7, 11) is 1.25. The lowest BCUT2D eigenvalue weighted by Gasteiger charge is -2.00. The average Bonchev–Trinajstić information content (AvgIpc) is 2.30. The van der Waals surface area contributed by atoms with Gasteiger partial charge in [0.2, 0.25) is 0 Å². The number of nitro benzene ring substituents is 1. The number of methoxy groups -OCH3 is 1. The van der Waals surface area contributed by atoms with Crippen LogP contribution in [0.2, 0.25) is 0 Å². The predicted molar refractivity (Wildman–Crippen MR) is 69.7 cm³/mol. The number of benzene rings is 1. The Kier molecular flexibility index (Phi) is 4.83. The van der Waals surface area contributed by atoms with Crippen molar-refractivity contribution in [3.8, 4) is 0 Å². The van der Waals surface area contributed by atoms with Crippen LogP contribution in [0.4, 0.5) is 5.69 Å². The highest BCUT2D eigenvalue weighted by molar-refractivity contribution is 9.12. The molecular weight excluding hydrogens is 358 g/mol. The van der Waals surface area contributed by atoms with Crippen LogP contribution in [0.3, 0.4) is 0 Å². The van der Waals surface area contributed by atoms with E-state index in [0.29, 0.717) is 10.0 Å². The summed E-state index contributed by atoms with van der Waals surface area (Å²) >= 11 is 6.27. The zero-order valence-corrected chi connectivity index (χ0v) is 11.8. The van der Waals surface area contributed by atoms with Crippen LogP contribution in [-0.4, -0.2) is 18.0 Å². The fourth-order valence-corrected chi connectivity index (χ4v) is 1.82. The van der Waals surface area contributed by atoms with E-state index in [1.807, 2.05) is 0 Å². The second-order valence-corrected chi connectivity index (χ2v) is 4.66. The molecule has 0 amide bonds. The van der Waals surface area contributed by atoms with Crippen LogP contribution in [0.15, 0.2) is 27.2 Å². The SMILES string of the molecule is COC(=O)C(Br)=Cc1cc([N+](=O)[O-])ccc1Br. The van der Waals surface area contributed by atoms with Crippen molar-refractivity contribution in [1.29, 1.82) is 0 Å². The minimum absolute atomic E-state index is 0.0513. The van der Waals surface area contributed by atoms with E-state index in [1.165, 1.54) is 25.3 Å². The van der Waals surface area contributed by atoms with E-state index in [0.717, 1.165) is 0 Å². The highest BCUT2D eigenvalue weighted by Crippen LogP contribution is 2.26. The lowest BCUT2D eigenvalue weighted by Crippen LogP contribution is -1.99. The Morgan fingerprint density at radius 2 is 2.18 bits per heavy atom. The third kappa shape index (κ3) is 3.64. The van der Waals surface area contributed by atoms with Gasteiger partial charge in [-0.15, -0.1) is 0 Å². The average molecular weight is 365 g/mol. The van der Waals surface area contributed by atoms with Crippen molar-refractivity contribution in [2.24, 2.45) is 0 Å². The van der Waals surface area contributed by atoms with Crippen LogP contribution in [-0.2, 0) is 9.53 Å². The maximum Gasteiger partial charge on any atom is 0.344 e. The maximum atomic E-state index is 11.2. The molecule has 0 aliphatic heterocycles. The quantitative estimate of drug-likeness (QED) is 0.357. The molecule has 0 fully saturated rings. The molecule has 0 aliphatic rings. The number of nitro groups is 1. The number of non-ortho nitro benzene ring substituents is 1. The second-order valence-electron chi connectivity index (χ2n) is 2.95. The summed E-state index contributed by atoms with van der Waals surface area (Å²) in [5, 5.41) is 10.6. The van der Waals surface area contributed by atoms with E-state index in [-0.39, 0.29) is 10.2 Å². The summed E-state index contributed by atoms with van der Waals surface area (Å²) in [6.45, 7) is 0. The third-order valence-corrected chi connectivity index (χ3v) is 3.13. The van der Waals surface area contributed by atoms with Gasteiger partial charge in [0, 0.05) is 16.6 Å². The van der Waals surface area contributed by atoms with Crippen LogP contribution >= 0.6 is 31.9 Å². The fourth-order valence-electron chi connectivity index (χ4n) is 1.05. The molecule has 0 N–H and O–H groups in total. The number of rotatable bonds is 3. The number of esters is 1. The molecule has 0 heterocycles. The van der Waals surface area contributed by atoms with E-state index in [1.54, 1.807) is 6.07 Å². The summed E-state index contributed by atoms with van der Waals surface area (Å²) in [6.07, 6.45) is 1.45. The molecule has 1 aromatic carbocycles. The summed E-state index contributed by atoms with van der Waals surface area (Å²) in [4.78, 5) is 21.3. The van der Waals surface area contributed by atoms with Gasteiger partial charge in [0.25, 0.3) is 5.69 Å². The number of hydrogen-bond acceptors (Lipinski definition) is 4. The van der Waals surface area contributed by atoms with Gasteiger partial charge in [0.15, 0.2) is 0 Å². The third-order valence-electron chi connectivity index (χ3n) is 1.85. The van der Waals surface area contributed by atoms with Crippen LogP contribution in [0.1, 0.15) is 5.56 Å². The molecule has 0 aliphatic carbocycles. The van der Waals surface area contributed by atoms with Crippen LogP contribution in [0, 0.1) is 10.1 Å². The first-order chi connectivity index (χ1) is 7.95. The minimum atomic E-state index is -0.552. The van der Waals surface area contributed by atoms with Gasteiger partial charge in [0.05, 0.1) is 12.0 Å². The van der Waals surface area contributed by atoms with Gasteiger partial charge in [-0.3, -0.25) is 10.1 Å². The predicted octanol–water partition coefficient (Wildman–Crippen LogP) is 3.27. The molecule has 0 bridgehead atoms. The number of ether oxygens (including phenoxy) is 1. The molecule has 5 nitrogen and oxygen atoms in total. The minimum Gasteiger partial charge on any atom is -0.465 e. The Labute approximate surface area is 114 Å². The summed E-state index contributed by atoms with van der Waals surface area (Å²) in [5.41, 5.74) is 0.459. The van der Waals surface area contributed by atoms with Crippen molar-refractivity contribution in [1.82, 2.24) is 0 Å². The van der Waals surface area contributed by atoms with Gasteiger partial charge in [-0.25, -0.2) is 4.79 Å². The van der Waals surface area contributed by atoms with Gasteiger partial charge in [-0.05, 0) is 33.6 Å². The summed E-state index contributed by atoms with van der Waals surface area (Å²) < 4.78 is 5.32. The first kappa shape index (κ1) is 13.9. The molecule has 1 rings (SSSR count). The lowest BCUT2D eigenvalue weighted by atomic mass is 10.2. The molecule has 0 radical (unpaired) electrons. The molecule has 1 aromatic rings. The summed E-state index contributed by atoms with van der Waals surface area (Å²) in [6, 6.07) is 4.27. The number of carbonyl (C=O) groups excluding carboxylic acids is 1. The molecule has 0 unspecified atom stereocenters. The van der Waals surface area contributed by atoms with Gasteiger partial charge in [-0.1, -0.05) is 15.9 Å². The molecule has 0 saturated heterocycles. The normalized spacial score (nSPS) is 11.1. The molecule has 0 spiro atoms. The van der Waals surface area contributed by atoms with Crippen molar-refractivity contribution in [3.63, 3.8) is 0 Å². The van der Waals surface area contributed by atoms with E-state index in [4.69, 9.17) is 0 Å². The monoisotopic (exact) mass is 363 g/mol. The van der Waals surface area contributed by atoms with Crippen molar-refractivity contribution < 1.29 is 14.5 Å². The molecule has 0 aromatic heterocycles. The van der Waals surface area contributed by atoms with Crippen molar-refractivity contribution >= 4 is 49.6 Å². The van der Waals surface area contributed by atoms with Gasteiger partial charge in [0.1, 0.15) is 4.48 Å². The molecule has 17 heavy (non-hydrogen) atoms.